The molecule has 3 rings (SSSR count). The molecule has 1 amide bonds. The van der Waals surface area contributed by atoms with E-state index < -0.39 is 5.92 Å². The number of carbonyl (C=O) groups is 2. The number of carbonyl (C=O) groups excluding carboxylic acids is 2. The van der Waals surface area contributed by atoms with Gasteiger partial charge in [0.15, 0.2) is 5.78 Å². The van der Waals surface area contributed by atoms with Gasteiger partial charge in [-0.1, -0.05) is 60.7 Å². The van der Waals surface area contributed by atoms with Crippen molar-refractivity contribution in [3.63, 3.8) is 0 Å². The molecule has 27 heavy (non-hydrogen) atoms. The van der Waals surface area contributed by atoms with Gasteiger partial charge < -0.3 is 10.1 Å². The number of rotatable bonds is 6. The fraction of sp³-hybridized carbons (Fsp3) is 0.130. The Labute approximate surface area is 158 Å². The molecule has 1 atom stereocenters. The third-order valence-corrected chi connectivity index (χ3v) is 4.44. The normalized spacial score (nSPS) is 11.5. The van der Waals surface area contributed by atoms with Crippen LogP contribution in [0.4, 0.5) is 5.69 Å². The molecule has 4 nitrogen and oxygen atoms in total. The van der Waals surface area contributed by atoms with Crippen LogP contribution in [0.5, 0.6) is 5.75 Å². The summed E-state index contributed by atoms with van der Waals surface area (Å²) in [4.78, 5) is 25.3. The van der Waals surface area contributed by atoms with Gasteiger partial charge in [0.2, 0.25) is 5.91 Å². The Hall–Kier alpha value is -3.40. The minimum atomic E-state index is -0.418. The van der Waals surface area contributed by atoms with Gasteiger partial charge in [0.05, 0.1) is 18.7 Å². The third-order valence-electron chi connectivity index (χ3n) is 4.44. The first-order valence-electron chi connectivity index (χ1n) is 8.73. The fourth-order valence-electron chi connectivity index (χ4n) is 2.85. The lowest BCUT2D eigenvalue weighted by Crippen LogP contribution is -2.19. The summed E-state index contributed by atoms with van der Waals surface area (Å²) in [7, 11) is 1.56. The van der Waals surface area contributed by atoms with E-state index in [1.54, 1.807) is 49.6 Å². The highest BCUT2D eigenvalue weighted by atomic mass is 16.5. The smallest absolute Gasteiger partial charge is 0.231 e. The van der Waals surface area contributed by atoms with Crippen molar-refractivity contribution in [2.24, 2.45) is 0 Å². The standard InChI is InChI=1S/C23H21NO3/c1-16(23(26)24-20-13-6-7-14-21(20)27-2)18-11-8-12-19(15-18)22(25)17-9-4-3-5-10-17/h3-16H,1-2H3,(H,24,26)/t16-/m1/s1. The predicted octanol–water partition coefficient (Wildman–Crippen LogP) is 4.67. The number of hydrogen-bond acceptors (Lipinski definition) is 3. The highest BCUT2D eigenvalue weighted by Crippen LogP contribution is 2.26. The lowest BCUT2D eigenvalue weighted by molar-refractivity contribution is -0.117. The van der Waals surface area contributed by atoms with Crippen LogP contribution in [-0.4, -0.2) is 18.8 Å². The quantitative estimate of drug-likeness (QED) is 0.651. The number of ether oxygens (including phenoxy) is 1. The number of methoxy groups -OCH3 is 1. The summed E-state index contributed by atoms with van der Waals surface area (Å²) in [5.74, 6) is -0.0388. The summed E-state index contributed by atoms with van der Waals surface area (Å²) in [6.45, 7) is 1.82. The minimum absolute atomic E-state index is 0.0604. The highest BCUT2D eigenvalue weighted by molar-refractivity contribution is 6.09. The van der Waals surface area contributed by atoms with Crippen molar-refractivity contribution < 1.29 is 14.3 Å². The van der Waals surface area contributed by atoms with Crippen molar-refractivity contribution in [1.82, 2.24) is 0 Å². The van der Waals surface area contributed by atoms with Crippen LogP contribution in [0.3, 0.4) is 0 Å². The molecule has 0 heterocycles. The molecule has 0 aliphatic heterocycles. The number of anilines is 1. The minimum Gasteiger partial charge on any atom is -0.495 e. The molecule has 0 aliphatic rings. The first kappa shape index (κ1) is 18.4. The molecule has 1 N–H and O–H groups in total. The molecule has 0 aliphatic carbocycles. The summed E-state index contributed by atoms with van der Waals surface area (Å²) in [5, 5.41) is 2.89. The van der Waals surface area contributed by atoms with Crippen molar-refractivity contribution in [3.8, 4) is 5.75 Å². The van der Waals surface area contributed by atoms with Crippen molar-refractivity contribution in [1.29, 1.82) is 0 Å². The number of amides is 1. The van der Waals surface area contributed by atoms with Gasteiger partial charge in [0, 0.05) is 11.1 Å². The number of hydrogen-bond donors (Lipinski definition) is 1. The van der Waals surface area contributed by atoms with Crippen LogP contribution in [0.1, 0.15) is 34.3 Å². The van der Waals surface area contributed by atoms with E-state index in [-0.39, 0.29) is 11.7 Å². The van der Waals surface area contributed by atoms with Crippen LogP contribution in [0, 0.1) is 0 Å². The molecule has 0 saturated heterocycles. The maximum Gasteiger partial charge on any atom is 0.231 e. The Morgan fingerprint density at radius 2 is 1.52 bits per heavy atom. The van der Waals surface area contributed by atoms with E-state index in [0.29, 0.717) is 22.6 Å². The Bertz CT molecular complexity index is 951. The van der Waals surface area contributed by atoms with Gasteiger partial charge in [-0.25, -0.2) is 0 Å². The van der Waals surface area contributed by atoms with Crippen LogP contribution in [-0.2, 0) is 4.79 Å². The number of benzene rings is 3. The molecule has 0 aromatic heterocycles. The lowest BCUT2D eigenvalue weighted by Gasteiger charge is -2.15. The van der Waals surface area contributed by atoms with Gasteiger partial charge >= 0.3 is 0 Å². The van der Waals surface area contributed by atoms with Crippen LogP contribution in [0.15, 0.2) is 78.9 Å². The second-order valence-corrected chi connectivity index (χ2v) is 6.23. The largest absolute Gasteiger partial charge is 0.495 e. The number of para-hydroxylation sites is 2. The van der Waals surface area contributed by atoms with Crippen molar-refractivity contribution >= 4 is 17.4 Å². The topological polar surface area (TPSA) is 55.4 Å². The summed E-state index contributed by atoms with van der Waals surface area (Å²) < 4.78 is 5.27. The second-order valence-electron chi connectivity index (χ2n) is 6.23. The zero-order valence-corrected chi connectivity index (χ0v) is 15.3. The highest BCUT2D eigenvalue weighted by Gasteiger charge is 2.18. The Balaban J connectivity index is 1.80. The fourth-order valence-corrected chi connectivity index (χ4v) is 2.85. The summed E-state index contributed by atoms with van der Waals surface area (Å²) in [6.07, 6.45) is 0. The first-order chi connectivity index (χ1) is 13.1. The van der Waals surface area contributed by atoms with E-state index >= 15 is 0 Å². The second kappa shape index (κ2) is 8.32. The van der Waals surface area contributed by atoms with Gasteiger partial charge in [-0.3, -0.25) is 9.59 Å². The number of ketones is 1. The SMILES string of the molecule is COc1ccccc1NC(=O)[C@H](C)c1cccc(C(=O)c2ccccc2)c1. The van der Waals surface area contributed by atoms with Crippen molar-refractivity contribution in [3.05, 3.63) is 95.6 Å². The van der Waals surface area contributed by atoms with Gasteiger partial charge in [-0.2, -0.15) is 0 Å². The molecule has 0 radical (unpaired) electrons. The van der Waals surface area contributed by atoms with Gasteiger partial charge in [0.25, 0.3) is 0 Å². The molecule has 0 spiro atoms. The van der Waals surface area contributed by atoms with Crippen LogP contribution < -0.4 is 10.1 Å². The Morgan fingerprint density at radius 3 is 2.26 bits per heavy atom. The molecule has 0 unspecified atom stereocenters. The van der Waals surface area contributed by atoms with Gasteiger partial charge in [0.1, 0.15) is 5.75 Å². The Morgan fingerprint density at radius 1 is 0.852 bits per heavy atom. The zero-order valence-electron chi connectivity index (χ0n) is 15.3. The molecule has 0 saturated carbocycles. The monoisotopic (exact) mass is 359 g/mol. The lowest BCUT2D eigenvalue weighted by atomic mass is 9.95. The van der Waals surface area contributed by atoms with E-state index in [2.05, 4.69) is 5.32 Å². The molecule has 3 aromatic rings. The molecule has 136 valence electrons. The van der Waals surface area contributed by atoms with E-state index in [0.717, 1.165) is 5.56 Å². The van der Waals surface area contributed by atoms with E-state index in [1.807, 2.05) is 43.3 Å². The van der Waals surface area contributed by atoms with Gasteiger partial charge in [-0.05, 0) is 30.7 Å². The molecule has 0 fully saturated rings. The average Bonchev–Trinajstić information content (AvgIpc) is 2.73. The first-order valence-corrected chi connectivity index (χ1v) is 8.73. The summed E-state index contributed by atoms with van der Waals surface area (Å²) >= 11 is 0. The zero-order chi connectivity index (χ0) is 19.2. The maximum atomic E-state index is 12.7. The summed E-state index contributed by atoms with van der Waals surface area (Å²) in [5.41, 5.74) is 2.59. The molecule has 0 bridgehead atoms. The van der Waals surface area contributed by atoms with Crippen molar-refractivity contribution in [2.75, 3.05) is 12.4 Å². The van der Waals surface area contributed by atoms with E-state index in [9.17, 15) is 9.59 Å². The van der Waals surface area contributed by atoms with Crippen LogP contribution >= 0.6 is 0 Å². The van der Waals surface area contributed by atoms with Crippen LogP contribution in [0.25, 0.3) is 0 Å². The molecule has 4 heteroatoms. The molecule has 3 aromatic carbocycles. The van der Waals surface area contributed by atoms with Gasteiger partial charge in [-0.15, -0.1) is 0 Å². The maximum absolute atomic E-state index is 12.7. The van der Waals surface area contributed by atoms with Crippen molar-refractivity contribution in [2.45, 2.75) is 12.8 Å². The average molecular weight is 359 g/mol. The number of nitrogens with one attached hydrogen (secondary N) is 1. The van der Waals surface area contributed by atoms with E-state index in [1.165, 1.54) is 0 Å². The Kier molecular flexibility index (Phi) is 5.67. The molecular weight excluding hydrogens is 338 g/mol. The van der Waals surface area contributed by atoms with E-state index in [4.69, 9.17) is 4.74 Å². The summed E-state index contributed by atoms with van der Waals surface area (Å²) in [6, 6.07) is 23.6. The third kappa shape index (κ3) is 4.23. The van der Waals surface area contributed by atoms with Crippen LogP contribution in [0.2, 0.25) is 0 Å². The predicted molar refractivity (Wildman–Crippen MR) is 106 cm³/mol. The molecular formula is C23H21NO3.